The highest BCUT2D eigenvalue weighted by Crippen LogP contribution is 2.75. The second-order valence-electron chi connectivity index (χ2n) is 11.7. The first kappa shape index (κ1) is 19.2. The SMILES string of the molecule is CC=C(C)C(=O)OC1CCC2(C)C3CCC4CC3(CCC2C1(C)C)CC41CO1. The molecule has 0 aromatic rings. The zero-order valence-electron chi connectivity index (χ0n) is 18.5. The second-order valence-corrected chi connectivity index (χ2v) is 11.7. The van der Waals surface area contributed by atoms with Crippen LogP contribution >= 0.6 is 0 Å². The number of carbonyl (C=O) groups excluding carboxylic acids is 1. The fourth-order valence-electron chi connectivity index (χ4n) is 8.78. The number of hydrogen-bond acceptors (Lipinski definition) is 3. The summed E-state index contributed by atoms with van der Waals surface area (Å²) >= 11 is 0. The molecule has 7 unspecified atom stereocenters. The maximum absolute atomic E-state index is 12.5. The molecule has 0 N–H and O–H groups in total. The molecule has 3 heteroatoms. The van der Waals surface area contributed by atoms with Crippen LogP contribution in [0.4, 0.5) is 0 Å². The smallest absolute Gasteiger partial charge is 0.333 e. The van der Waals surface area contributed by atoms with Crippen molar-refractivity contribution >= 4 is 5.97 Å². The van der Waals surface area contributed by atoms with Gasteiger partial charge < -0.3 is 9.47 Å². The largest absolute Gasteiger partial charge is 0.458 e. The molecule has 1 saturated heterocycles. The van der Waals surface area contributed by atoms with E-state index in [1.165, 1.54) is 44.9 Å². The van der Waals surface area contributed by atoms with Gasteiger partial charge in [0.05, 0.1) is 12.2 Å². The normalized spacial score (nSPS) is 51.4. The standard InChI is InChI=1S/C25H38O3/c1-6-16(2)21(26)28-20-10-11-23(5)18(22(20,3)4)9-12-24-13-17(7-8-19(23)24)25(14-24)15-27-25/h6,17-20H,7-15H2,1-5H3. The highest BCUT2D eigenvalue weighted by Gasteiger charge is 2.71. The van der Waals surface area contributed by atoms with Gasteiger partial charge in [-0.25, -0.2) is 4.79 Å². The quantitative estimate of drug-likeness (QED) is 0.348. The Hall–Kier alpha value is -0.830. The molecule has 3 nitrogen and oxygen atoms in total. The summed E-state index contributed by atoms with van der Waals surface area (Å²) in [6, 6.07) is 0. The summed E-state index contributed by atoms with van der Waals surface area (Å²) in [7, 11) is 0. The average Bonchev–Trinajstić information content (AvgIpc) is 3.38. The molecule has 2 bridgehead atoms. The van der Waals surface area contributed by atoms with Crippen molar-refractivity contribution in [3.63, 3.8) is 0 Å². The Morgan fingerprint density at radius 1 is 1.07 bits per heavy atom. The molecule has 0 radical (unpaired) electrons. The Morgan fingerprint density at radius 3 is 2.50 bits per heavy atom. The number of ether oxygens (including phenoxy) is 2. The van der Waals surface area contributed by atoms with Crippen LogP contribution in [0.3, 0.4) is 0 Å². The van der Waals surface area contributed by atoms with Crippen LogP contribution in [0, 0.1) is 34.0 Å². The van der Waals surface area contributed by atoms with Crippen molar-refractivity contribution in [2.24, 2.45) is 34.0 Å². The Labute approximate surface area is 170 Å². The van der Waals surface area contributed by atoms with Gasteiger partial charge in [-0.15, -0.1) is 0 Å². The van der Waals surface area contributed by atoms with Gasteiger partial charge in [-0.1, -0.05) is 26.8 Å². The van der Waals surface area contributed by atoms with Crippen molar-refractivity contribution in [2.45, 2.75) is 97.7 Å². The third-order valence-corrected chi connectivity index (χ3v) is 10.3. The van der Waals surface area contributed by atoms with Gasteiger partial charge in [0.15, 0.2) is 0 Å². The molecule has 1 heterocycles. The highest BCUT2D eigenvalue weighted by atomic mass is 16.6. The van der Waals surface area contributed by atoms with Crippen LogP contribution in [-0.2, 0) is 14.3 Å². The first-order chi connectivity index (χ1) is 13.2. The number of hydrogen-bond donors (Lipinski definition) is 0. The van der Waals surface area contributed by atoms with Crippen LogP contribution in [0.2, 0.25) is 0 Å². The molecule has 5 aliphatic rings. The number of carbonyl (C=O) groups is 1. The van der Waals surface area contributed by atoms with Gasteiger partial charge in [0.1, 0.15) is 6.10 Å². The molecular weight excluding hydrogens is 348 g/mol. The van der Waals surface area contributed by atoms with Crippen LogP contribution in [0.15, 0.2) is 11.6 Å². The Morgan fingerprint density at radius 2 is 1.82 bits per heavy atom. The van der Waals surface area contributed by atoms with E-state index in [1.54, 1.807) is 0 Å². The van der Waals surface area contributed by atoms with E-state index >= 15 is 0 Å². The molecule has 1 aliphatic heterocycles. The van der Waals surface area contributed by atoms with Gasteiger partial charge in [0.2, 0.25) is 0 Å². The van der Waals surface area contributed by atoms with Crippen LogP contribution in [-0.4, -0.2) is 24.3 Å². The molecule has 4 aliphatic carbocycles. The minimum absolute atomic E-state index is 0.0417. The Balaban J connectivity index is 1.41. The van der Waals surface area contributed by atoms with Gasteiger partial charge in [-0.3, -0.25) is 0 Å². The molecule has 2 spiro atoms. The van der Waals surface area contributed by atoms with Crippen LogP contribution in [0.5, 0.6) is 0 Å². The van der Waals surface area contributed by atoms with Gasteiger partial charge in [-0.2, -0.15) is 0 Å². The minimum Gasteiger partial charge on any atom is -0.458 e. The number of rotatable bonds is 2. The number of esters is 1. The predicted molar refractivity (Wildman–Crippen MR) is 110 cm³/mol. The highest BCUT2D eigenvalue weighted by molar-refractivity contribution is 5.87. The zero-order chi connectivity index (χ0) is 19.9. The van der Waals surface area contributed by atoms with E-state index in [2.05, 4.69) is 20.8 Å². The van der Waals surface area contributed by atoms with E-state index in [1.807, 2.05) is 19.9 Å². The molecule has 4 saturated carbocycles. The summed E-state index contributed by atoms with van der Waals surface area (Å²) < 4.78 is 12.1. The topological polar surface area (TPSA) is 38.8 Å². The predicted octanol–water partition coefficient (Wildman–Crippen LogP) is 5.68. The molecule has 0 amide bonds. The van der Waals surface area contributed by atoms with Crippen LogP contribution in [0.25, 0.3) is 0 Å². The Bertz CT molecular complexity index is 717. The molecule has 7 atom stereocenters. The summed E-state index contributed by atoms with van der Waals surface area (Å²) in [5.41, 5.74) is 1.97. The van der Waals surface area contributed by atoms with Gasteiger partial charge in [0, 0.05) is 11.0 Å². The van der Waals surface area contributed by atoms with Crippen molar-refractivity contribution in [3.8, 4) is 0 Å². The lowest BCUT2D eigenvalue weighted by Crippen LogP contribution is -2.59. The molecule has 0 aromatic carbocycles. The number of allylic oxidation sites excluding steroid dienone is 1. The summed E-state index contributed by atoms with van der Waals surface area (Å²) in [5.74, 6) is 2.17. The molecular formula is C25H38O3. The van der Waals surface area contributed by atoms with Gasteiger partial charge >= 0.3 is 5.97 Å². The summed E-state index contributed by atoms with van der Waals surface area (Å²) in [6.45, 7) is 12.2. The maximum Gasteiger partial charge on any atom is 0.333 e. The fourth-order valence-corrected chi connectivity index (χ4v) is 8.78. The first-order valence-corrected chi connectivity index (χ1v) is 11.6. The van der Waals surface area contributed by atoms with Crippen molar-refractivity contribution in [1.29, 1.82) is 0 Å². The molecule has 156 valence electrons. The summed E-state index contributed by atoms with van der Waals surface area (Å²) in [4.78, 5) is 12.5. The lowest BCUT2D eigenvalue weighted by atomic mass is 9.41. The number of epoxide rings is 1. The van der Waals surface area contributed by atoms with Gasteiger partial charge in [0.25, 0.3) is 0 Å². The van der Waals surface area contributed by atoms with Crippen molar-refractivity contribution in [1.82, 2.24) is 0 Å². The van der Waals surface area contributed by atoms with E-state index in [9.17, 15) is 4.79 Å². The van der Waals surface area contributed by atoms with Gasteiger partial charge in [-0.05, 0) is 93.8 Å². The summed E-state index contributed by atoms with van der Waals surface area (Å²) in [5, 5.41) is 0. The minimum atomic E-state index is -0.124. The third kappa shape index (κ3) is 2.41. The lowest BCUT2D eigenvalue weighted by Gasteiger charge is -2.65. The summed E-state index contributed by atoms with van der Waals surface area (Å²) in [6.07, 6.45) is 12.3. The number of fused-ring (bicyclic) bond motifs is 4. The van der Waals surface area contributed by atoms with Crippen LogP contribution in [0.1, 0.15) is 86.0 Å². The van der Waals surface area contributed by atoms with Crippen molar-refractivity contribution < 1.29 is 14.3 Å². The fraction of sp³-hybridized carbons (Fsp3) is 0.880. The second kappa shape index (κ2) is 5.86. The lowest BCUT2D eigenvalue weighted by molar-refractivity contribution is -0.196. The van der Waals surface area contributed by atoms with Crippen molar-refractivity contribution in [2.75, 3.05) is 6.61 Å². The van der Waals surface area contributed by atoms with E-state index in [4.69, 9.17) is 9.47 Å². The van der Waals surface area contributed by atoms with E-state index < -0.39 is 0 Å². The first-order valence-electron chi connectivity index (χ1n) is 11.6. The molecule has 28 heavy (non-hydrogen) atoms. The molecule has 0 aromatic heterocycles. The van der Waals surface area contributed by atoms with E-state index in [0.717, 1.165) is 30.4 Å². The molecule has 5 rings (SSSR count). The van der Waals surface area contributed by atoms with E-state index in [-0.39, 0.29) is 23.1 Å². The van der Waals surface area contributed by atoms with Crippen molar-refractivity contribution in [3.05, 3.63) is 11.6 Å². The van der Waals surface area contributed by atoms with E-state index in [0.29, 0.717) is 16.7 Å². The molecule has 5 fully saturated rings. The van der Waals surface area contributed by atoms with Crippen LogP contribution < -0.4 is 0 Å². The monoisotopic (exact) mass is 386 g/mol. The average molecular weight is 387 g/mol. The zero-order valence-corrected chi connectivity index (χ0v) is 18.5. The third-order valence-electron chi connectivity index (χ3n) is 10.3. The Kier molecular flexibility index (Phi) is 4.01. The maximum atomic E-state index is 12.5.